The average molecular weight is 469 g/mol. The number of rotatable bonds is 4. The molecule has 0 unspecified atom stereocenters. The molecule has 5 rings (SSSR count). The van der Waals surface area contributed by atoms with Crippen LogP contribution >= 0.6 is 0 Å². The topological polar surface area (TPSA) is 51.2 Å². The first kappa shape index (κ1) is 23.3. The van der Waals surface area contributed by atoms with E-state index in [-0.39, 0.29) is 22.5 Å². The molecule has 3 nitrogen and oxygen atoms in total. The van der Waals surface area contributed by atoms with Crippen molar-refractivity contribution in [3.05, 3.63) is 42.0 Å². The molecule has 0 amide bonds. The summed E-state index contributed by atoms with van der Waals surface area (Å²) in [4.78, 5) is 12.6. The summed E-state index contributed by atoms with van der Waals surface area (Å²) in [5, 5.41) is 0. The molecule has 3 saturated carbocycles. The van der Waals surface area contributed by atoms with Gasteiger partial charge in [-0.2, -0.15) is 0 Å². The van der Waals surface area contributed by atoms with Gasteiger partial charge in [-0.25, -0.2) is 8.42 Å². The molecule has 33 heavy (non-hydrogen) atoms. The standard InChI is InChI=1S/C29H40O3S/c1-20(19-33(31,32)23-8-5-4-6-9-23)25-10-7-11-26-24-13-12-21-18-22(30)14-16-28(21,2)27(24)15-17-29(25,26)3/h4-6,8-9,12,20,24-27H,7,10-11,13-19H2,1-3H3/t20-,24+,25-,26+,27+,28+,29-/m1/s1. The number of ketones is 1. The van der Waals surface area contributed by atoms with E-state index in [1.807, 2.05) is 18.2 Å². The van der Waals surface area contributed by atoms with E-state index in [9.17, 15) is 13.2 Å². The summed E-state index contributed by atoms with van der Waals surface area (Å²) in [5.41, 5.74) is 1.85. The quantitative estimate of drug-likeness (QED) is 0.466. The maximum atomic E-state index is 13.2. The van der Waals surface area contributed by atoms with E-state index in [2.05, 4.69) is 26.8 Å². The van der Waals surface area contributed by atoms with Crippen LogP contribution in [-0.2, 0) is 14.6 Å². The lowest BCUT2D eigenvalue weighted by Crippen LogP contribution is -2.55. The van der Waals surface area contributed by atoms with Crippen molar-refractivity contribution < 1.29 is 13.2 Å². The van der Waals surface area contributed by atoms with Crippen molar-refractivity contribution in [2.45, 2.75) is 83.5 Å². The molecular formula is C29H40O3S. The van der Waals surface area contributed by atoms with Gasteiger partial charge in [-0.05, 0) is 91.1 Å². The van der Waals surface area contributed by atoms with Gasteiger partial charge in [0.15, 0.2) is 9.84 Å². The number of carbonyl (C=O) groups is 1. The summed E-state index contributed by atoms with van der Waals surface area (Å²) in [6, 6.07) is 8.99. The van der Waals surface area contributed by atoms with Crippen LogP contribution in [0.15, 0.2) is 46.9 Å². The number of fused-ring (bicyclic) bond motifs is 5. The van der Waals surface area contributed by atoms with Crippen LogP contribution in [0.3, 0.4) is 0 Å². The molecule has 0 aromatic heterocycles. The van der Waals surface area contributed by atoms with Gasteiger partial charge < -0.3 is 0 Å². The first-order chi connectivity index (χ1) is 15.6. The van der Waals surface area contributed by atoms with Gasteiger partial charge in [0.2, 0.25) is 0 Å². The Labute approximate surface area is 200 Å². The van der Waals surface area contributed by atoms with E-state index < -0.39 is 9.84 Å². The van der Waals surface area contributed by atoms with Crippen molar-refractivity contribution in [2.24, 2.45) is 40.4 Å². The summed E-state index contributed by atoms with van der Waals surface area (Å²) < 4.78 is 26.3. The third kappa shape index (κ3) is 3.85. The molecule has 0 bridgehead atoms. The summed E-state index contributed by atoms with van der Waals surface area (Å²) in [6.45, 7) is 7.13. The number of carbonyl (C=O) groups excluding carboxylic acids is 1. The minimum absolute atomic E-state index is 0.164. The Bertz CT molecular complexity index is 1040. The molecule has 4 aliphatic rings. The predicted molar refractivity (Wildman–Crippen MR) is 132 cm³/mol. The van der Waals surface area contributed by atoms with Gasteiger partial charge >= 0.3 is 0 Å². The van der Waals surface area contributed by atoms with E-state index in [0.29, 0.717) is 40.8 Å². The molecule has 0 heterocycles. The van der Waals surface area contributed by atoms with Crippen molar-refractivity contribution in [1.29, 1.82) is 0 Å². The highest BCUT2D eigenvalue weighted by molar-refractivity contribution is 7.91. The largest absolute Gasteiger partial charge is 0.299 e. The first-order valence-electron chi connectivity index (χ1n) is 13.1. The van der Waals surface area contributed by atoms with Crippen LogP contribution in [0.1, 0.15) is 78.6 Å². The molecular weight excluding hydrogens is 428 g/mol. The summed E-state index contributed by atoms with van der Waals surface area (Å²) in [5.74, 6) is 3.34. The van der Waals surface area contributed by atoms with Gasteiger partial charge in [0.1, 0.15) is 5.78 Å². The van der Waals surface area contributed by atoms with Crippen LogP contribution in [0.2, 0.25) is 0 Å². The zero-order chi connectivity index (χ0) is 23.4. The fourth-order valence-electron chi connectivity index (χ4n) is 8.84. The third-order valence-corrected chi connectivity index (χ3v) is 12.5. The molecule has 0 N–H and O–H groups in total. The maximum absolute atomic E-state index is 13.2. The van der Waals surface area contributed by atoms with Crippen molar-refractivity contribution in [3.63, 3.8) is 0 Å². The Balaban J connectivity index is 1.39. The number of allylic oxidation sites excluding steroid dienone is 2. The van der Waals surface area contributed by atoms with Crippen molar-refractivity contribution >= 4 is 15.6 Å². The average Bonchev–Trinajstić information content (AvgIpc) is 2.79. The molecule has 4 aliphatic carbocycles. The van der Waals surface area contributed by atoms with Gasteiger partial charge in [0.05, 0.1) is 10.6 Å². The van der Waals surface area contributed by atoms with E-state index >= 15 is 0 Å². The number of Topliss-reactive ketones (excluding diaryl/α,β-unsaturated/α-hetero) is 1. The van der Waals surface area contributed by atoms with Crippen molar-refractivity contribution in [2.75, 3.05) is 5.75 Å². The molecule has 4 heteroatoms. The van der Waals surface area contributed by atoms with Crippen LogP contribution < -0.4 is 0 Å². The Hall–Kier alpha value is -1.42. The number of sulfone groups is 1. The molecule has 3 fully saturated rings. The summed E-state index contributed by atoms with van der Waals surface area (Å²) in [7, 11) is -3.27. The van der Waals surface area contributed by atoms with Gasteiger partial charge in [0, 0.05) is 12.8 Å². The summed E-state index contributed by atoms with van der Waals surface area (Å²) in [6.07, 6.45) is 12.1. The SMILES string of the molecule is C[C@H](CS(=O)(=O)c1ccccc1)[C@H]1CCC[C@H]2[C@@H]3CC=C4CC(=O)CC[C@]4(C)[C@H]3CC[C@]12C. The summed E-state index contributed by atoms with van der Waals surface area (Å²) >= 11 is 0. The van der Waals surface area contributed by atoms with Crippen LogP contribution in [0.4, 0.5) is 0 Å². The van der Waals surface area contributed by atoms with E-state index in [1.165, 1.54) is 31.3 Å². The molecule has 1 aromatic carbocycles. The Morgan fingerprint density at radius 2 is 1.79 bits per heavy atom. The van der Waals surface area contributed by atoms with E-state index in [4.69, 9.17) is 0 Å². The second-order valence-corrected chi connectivity index (χ2v) is 14.2. The number of hydrogen-bond acceptors (Lipinski definition) is 3. The van der Waals surface area contributed by atoms with Gasteiger partial charge in [-0.1, -0.05) is 57.0 Å². The zero-order valence-corrected chi connectivity index (χ0v) is 21.4. The third-order valence-electron chi connectivity index (χ3n) is 10.5. The van der Waals surface area contributed by atoms with Crippen LogP contribution in [0.25, 0.3) is 0 Å². The molecule has 0 aliphatic heterocycles. The van der Waals surface area contributed by atoms with E-state index in [0.717, 1.165) is 25.7 Å². The minimum atomic E-state index is -3.27. The fraction of sp³-hybridized carbons (Fsp3) is 0.690. The Morgan fingerprint density at radius 3 is 2.55 bits per heavy atom. The van der Waals surface area contributed by atoms with Crippen molar-refractivity contribution in [3.8, 4) is 0 Å². The molecule has 0 spiro atoms. The molecule has 1 aromatic rings. The predicted octanol–water partition coefficient (Wildman–Crippen LogP) is 6.63. The van der Waals surface area contributed by atoms with Crippen LogP contribution in [0.5, 0.6) is 0 Å². The second kappa shape index (κ2) is 8.36. The minimum Gasteiger partial charge on any atom is -0.299 e. The first-order valence-corrected chi connectivity index (χ1v) is 14.8. The fourth-order valence-corrected chi connectivity index (χ4v) is 10.5. The van der Waals surface area contributed by atoms with Crippen LogP contribution in [0, 0.1) is 40.4 Å². The maximum Gasteiger partial charge on any atom is 0.178 e. The molecule has 0 radical (unpaired) electrons. The van der Waals surface area contributed by atoms with E-state index in [1.54, 1.807) is 12.1 Å². The highest BCUT2D eigenvalue weighted by Gasteiger charge is 2.57. The second-order valence-electron chi connectivity index (χ2n) is 12.1. The molecule has 180 valence electrons. The highest BCUT2D eigenvalue weighted by Crippen LogP contribution is 2.65. The lowest BCUT2D eigenvalue weighted by Gasteiger charge is -2.62. The Morgan fingerprint density at radius 1 is 1.03 bits per heavy atom. The normalized spacial score (nSPS) is 39.6. The number of hydrogen-bond donors (Lipinski definition) is 0. The molecule has 7 atom stereocenters. The Kier molecular flexibility index (Phi) is 5.91. The lowest BCUT2D eigenvalue weighted by atomic mass is 9.43. The monoisotopic (exact) mass is 468 g/mol. The van der Waals surface area contributed by atoms with Gasteiger partial charge in [-0.15, -0.1) is 0 Å². The lowest BCUT2D eigenvalue weighted by molar-refractivity contribution is -0.125. The molecule has 0 saturated heterocycles. The van der Waals surface area contributed by atoms with Gasteiger partial charge in [-0.3, -0.25) is 4.79 Å². The van der Waals surface area contributed by atoms with Crippen molar-refractivity contribution in [1.82, 2.24) is 0 Å². The smallest absolute Gasteiger partial charge is 0.178 e. The highest BCUT2D eigenvalue weighted by atomic mass is 32.2. The number of benzene rings is 1. The van der Waals surface area contributed by atoms with Crippen LogP contribution in [-0.4, -0.2) is 20.0 Å². The van der Waals surface area contributed by atoms with Gasteiger partial charge in [0.25, 0.3) is 0 Å². The zero-order valence-electron chi connectivity index (χ0n) is 20.6.